The zero-order valence-electron chi connectivity index (χ0n) is 55.2. The van der Waals surface area contributed by atoms with Crippen LogP contribution in [0.4, 0.5) is 0 Å². The summed E-state index contributed by atoms with van der Waals surface area (Å²) in [7, 11) is 0. The summed E-state index contributed by atoms with van der Waals surface area (Å²) in [6.07, 6.45) is 29.0. The number of carbonyl (C=O) groups excluding carboxylic acids is 1. The van der Waals surface area contributed by atoms with Gasteiger partial charge in [-0.3, -0.25) is 4.79 Å². The van der Waals surface area contributed by atoms with Crippen molar-refractivity contribution in [1.29, 1.82) is 0 Å². The molecule has 12 N–H and O–H groups in total. The highest BCUT2D eigenvalue weighted by Gasteiger charge is 2.53. The molecule has 3 rings (SSSR count). The SMILES string of the molecule is CCCCCCCCCCCCCCCCCCCCCCCCCCCCC(O)C(COC1OC(CO)C(OC2OC(CO)C(OC3OC(CO)C(O)C(O)C3O)C(O)C2O)C(O)C1O)NC(=O)CCCCCCCCCCCCCCCCCCC. The van der Waals surface area contributed by atoms with Gasteiger partial charge < -0.3 is 89.9 Å². The second kappa shape index (κ2) is 52.1. The van der Waals surface area contributed by atoms with E-state index in [4.69, 9.17) is 28.4 Å². The number of nitrogens with one attached hydrogen (secondary N) is 1. The number of rotatable bonds is 57. The molecule has 1 amide bonds. The summed E-state index contributed by atoms with van der Waals surface area (Å²) < 4.78 is 34.4. The van der Waals surface area contributed by atoms with Gasteiger partial charge in [-0.1, -0.05) is 284 Å². The molecule has 88 heavy (non-hydrogen) atoms. The fourth-order valence-electron chi connectivity index (χ4n) is 12.8. The van der Waals surface area contributed by atoms with Crippen molar-refractivity contribution in [3.8, 4) is 0 Å². The average Bonchev–Trinajstić information content (AvgIpc) is 3.69. The first-order valence-electron chi connectivity index (χ1n) is 36.3. The minimum atomic E-state index is -1.97. The second-order valence-electron chi connectivity index (χ2n) is 26.4. The Hall–Kier alpha value is -1.21. The highest BCUT2D eigenvalue weighted by Crippen LogP contribution is 2.33. The van der Waals surface area contributed by atoms with Gasteiger partial charge in [0.1, 0.15) is 73.2 Å². The summed E-state index contributed by atoms with van der Waals surface area (Å²) in [5, 5.41) is 121. The van der Waals surface area contributed by atoms with Crippen molar-refractivity contribution in [1.82, 2.24) is 5.32 Å². The summed E-state index contributed by atoms with van der Waals surface area (Å²) in [5.41, 5.74) is 0. The normalized spacial score (nSPS) is 28.3. The van der Waals surface area contributed by atoms with Crippen LogP contribution >= 0.6 is 0 Å². The van der Waals surface area contributed by atoms with Crippen LogP contribution in [0.2, 0.25) is 0 Å². The number of amides is 1. The third-order valence-electron chi connectivity index (χ3n) is 18.7. The van der Waals surface area contributed by atoms with Gasteiger partial charge in [-0.15, -0.1) is 0 Å². The van der Waals surface area contributed by atoms with E-state index in [0.717, 1.165) is 44.9 Å². The van der Waals surface area contributed by atoms with Gasteiger partial charge in [-0.2, -0.15) is 0 Å². The summed E-state index contributed by atoms with van der Waals surface area (Å²) in [5.74, 6) is -0.235. The van der Waals surface area contributed by atoms with Crippen molar-refractivity contribution in [3.05, 3.63) is 0 Å². The van der Waals surface area contributed by atoms with Crippen LogP contribution in [0.15, 0.2) is 0 Å². The molecule has 3 aliphatic heterocycles. The Morgan fingerprint density at radius 1 is 0.364 bits per heavy atom. The molecule has 3 aliphatic rings. The molecular weight excluding hydrogens is 1130 g/mol. The standard InChI is InChI=1S/C69H133NO18/c1-3-5-7-9-11-13-15-17-19-21-22-23-24-25-26-27-28-29-31-32-34-36-38-40-42-44-46-53(74)52(70-57(75)47-45-43-41-39-37-35-33-30-20-18-16-14-12-10-8-6-4-2)51-83-67-63(81)60(78)65(55(49-72)85-67)88-69-64(82)61(79)66(56(50-73)86-69)87-68-62(80)59(77)58(76)54(48-71)84-68/h52-56,58-69,71-74,76-82H,3-51H2,1-2H3,(H,70,75). The molecule has 0 aliphatic carbocycles. The molecule has 0 aromatic heterocycles. The minimum absolute atomic E-state index is 0.235. The van der Waals surface area contributed by atoms with Crippen LogP contribution in [0.1, 0.15) is 303 Å². The molecule has 0 radical (unpaired) electrons. The van der Waals surface area contributed by atoms with Gasteiger partial charge in [-0.25, -0.2) is 0 Å². The van der Waals surface area contributed by atoms with Gasteiger partial charge in [0.25, 0.3) is 0 Å². The van der Waals surface area contributed by atoms with Gasteiger partial charge in [-0.05, 0) is 12.8 Å². The Kier molecular flexibility index (Phi) is 48.0. The molecule has 3 saturated heterocycles. The van der Waals surface area contributed by atoms with E-state index in [1.807, 2.05) is 0 Å². The van der Waals surface area contributed by atoms with E-state index in [2.05, 4.69) is 19.2 Å². The highest BCUT2D eigenvalue weighted by molar-refractivity contribution is 5.76. The zero-order valence-corrected chi connectivity index (χ0v) is 55.2. The smallest absolute Gasteiger partial charge is 0.220 e. The van der Waals surface area contributed by atoms with Crippen LogP contribution < -0.4 is 5.32 Å². The van der Waals surface area contributed by atoms with Crippen molar-refractivity contribution in [2.45, 2.75) is 407 Å². The van der Waals surface area contributed by atoms with E-state index in [1.54, 1.807) is 0 Å². The van der Waals surface area contributed by atoms with E-state index in [0.29, 0.717) is 12.8 Å². The van der Waals surface area contributed by atoms with Gasteiger partial charge >= 0.3 is 0 Å². The van der Waals surface area contributed by atoms with Crippen LogP contribution in [0.5, 0.6) is 0 Å². The molecule has 0 aromatic rings. The van der Waals surface area contributed by atoms with Crippen molar-refractivity contribution in [2.24, 2.45) is 0 Å². The first kappa shape index (κ1) is 81.0. The number of carbonyl (C=O) groups is 1. The molecule has 522 valence electrons. The van der Waals surface area contributed by atoms with Gasteiger partial charge in [0.2, 0.25) is 5.91 Å². The molecule has 0 aromatic carbocycles. The van der Waals surface area contributed by atoms with Crippen LogP contribution in [0.3, 0.4) is 0 Å². The topological polar surface area (TPSA) is 307 Å². The number of aliphatic hydroxyl groups excluding tert-OH is 11. The number of ether oxygens (including phenoxy) is 6. The number of hydrogen-bond acceptors (Lipinski definition) is 18. The zero-order chi connectivity index (χ0) is 64.0. The molecule has 0 spiro atoms. The molecule has 0 bridgehead atoms. The summed E-state index contributed by atoms with van der Waals surface area (Å²) in [6, 6.07) is -0.882. The van der Waals surface area contributed by atoms with E-state index in [9.17, 15) is 61.0 Å². The van der Waals surface area contributed by atoms with Crippen molar-refractivity contribution >= 4 is 5.91 Å². The van der Waals surface area contributed by atoms with E-state index in [1.165, 1.54) is 225 Å². The summed E-state index contributed by atoms with van der Waals surface area (Å²) in [6.45, 7) is 1.85. The molecule has 19 nitrogen and oxygen atoms in total. The van der Waals surface area contributed by atoms with Crippen LogP contribution in [-0.4, -0.2) is 193 Å². The first-order chi connectivity index (χ1) is 42.8. The van der Waals surface area contributed by atoms with Crippen molar-refractivity contribution in [2.75, 3.05) is 26.4 Å². The number of aliphatic hydroxyl groups is 11. The quantitative estimate of drug-likeness (QED) is 0.0252. The molecule has 17 unspecified atom stereocenters. The maximum absolute atomic E-state index is 13.4. The molecule has 3 fully saturated rings. The Morgan fingerprint density at radius 2 is 0.648 bits per heavy atom. The van der Waals surface area contributed by atoms with Crippen molar-refractivity contribution < 1.29 is 89.4 Å². The largest absolute Gasteiger partial charge is 0.394 e. The average molecular weight is 1260 g/mol. The second-order valence-corrected chi connectivity index (χ2v) is 26.4. The Labute approximate surface area is 532 Å². The van der Waals surface area contributed by atoms with E-state index >= 15 is 0 Å². The Morgan fingerprint density at radius 3 is 0.989 bits per heavy atom. The first-order valence-corrected chi connectivity index (χ1v) is 36.3. The fraction of sp³-hybridized carbons (Fsp3) is 0.986. The maximum Gasteiger partial charge on any atom is 0.220 e. The summed E-state index contributed by atoms with van der Waals surface area (Å²) >= 11 is 0. The third-order valence-corrected chi connectivity index (χ3v) is 18.7. The molecular formula is C69H133NO18. The van der Waals surface area contributed by atoms with Crippen LogP contribution in [0, 0.1) is 0 Å². The summed E-state index contributed by atoms with van der Waals surface area (Å²) in [4.78, 5) is 13.4. The predicted octanol–water partition coefficient (Wildman–Crippen LogP) is 9.89. The van der Waals surface area contributed by atoms with E-state index < -0.39 is 124 Å². The minimum Gasteiger partial charge on any atom is -0.394 e. The Balaban J connectivity index is 1.40. The third kappa shape index (κ3) is 33.8. The number of hydrogen-bond donors (Lipinski definition) is 12. The van der Waals surface area contributed by atoms with Crippen molar-refractivity contribution in [3.63, 3.8) is 0 Å². The van der Waals surface area contributed by atoms with E-state index in [-0.39, 0.29) is 18.9 Å². The van der Waals surface area contributed by atoms with Crippen LogP contribution in [-0.2, 0) is 33.2 Å². The maximum atomic E-state index is 13.4. The predicted molar refractivity (Wildman–Crippen MR) is 342 cm³/mol. The van der Waals surface area contributed by atoms with Crippen LogP contribution in [0.25, 0.3) is 0 Å². The molecule has 3 heterocycles. The Bertz CT molecular complexity index is 1600. The molecule has 19 heteroatoms. The fourth-order valence-corrected chi connectivity index (χ4v) is 12.8. The lowest BCUT2D eigenvalue weighted by atomic mass is 9.96. The lowest BCUT2D eigenvalue weighted by Gasteiger charge is -2.48. The molecule has 17 atom stereocenters. The van der Waals surface area contributed by atoms with Gasteiger partial charge in [0, 0.05) is 6.42 Å². The number of unbranched alkanes of at least 4 members (excludes halogenated alkanes) is 41. The van der Waals surface area contributed by atoms with Gasteiger partial charge in [0.15, 0.2) is 18.9 Å². The van der Waals surface area contributed by atoms with Gasteiger partial charge in [0.05, 0.1) is 38.6 Å². The lowest BCUT2D eigenvalue weighted by Crippen LogP contribution is -2.66. The monoisotopic (exact) mass is 1260 g/mol. The lowest BCUT2D eigenvalue weighted by molar-refractivity contribution is -0.379. The highest BCUT2D eigenvalue weighted by atomic mass is 16.8. The molecule has 0 saturated carbocycles.